The number of anilines is 2. The summed E-state index contributed by atoms with van der Waals surface area (Å²) in [7, 11) is 3.74. The molecule has 0 spiro atoms. The van der Waals surface area contributed by atoms with E-state index < -0.39 is 0 Å². The summed E-state index contributed by atoms with van der Waals surface area (Å²) in [6.07, 6.45) is 12.3. The molecule has 3 aromatic heterocycles. The highest BCUT2D eigenvalue weighted by Gasteiger charge is 2.31. The lowest BCUT2D eigenvalue weighted by atomic mass is 9.85. The summed E-state index contributed by atoms with van der Waals surface area (Å²) in [4.78, 5) is 11.7. The van der Waals surface area contributed by atoms with Gasteiger partial charge in [0.25, 0.3) is 0 Å². The van der Waals surface area contributed by atoms with E-state index in [1.54, 1.807) is 13.3 Å². The molecule has 2 N–H and O–H groups in total. The number of nitrogens with zero attached hydrogens (tertiary/aromatic N) is 4. The number of rotatable bonds is 5. The highest BCUT2D eigenvalue weighted by Crippen LogP contribution is 2.33. The Bertz CT molecular complexity index is 1170. The fourth-order valence-corrected chi connectivity index (χ4v) is 4.42. The van der Waals surface area contributed by atoms with E-state index in [4.69, 9.17) is 14.5 Å². The Labute approximate surface area is 193 Å². The van der Waals surface area contributed by atoms with Crippen molar-refractivity contribution in [1.82, 2.24) is 25.1 Å². The number of fused-ring (bicyclic) bond motifs is 1. The number of nitrogens with one attached hydrogen (secondary N) is 2. The summed E-state index contributed by atoms with van der Waals surface area (Å²) in [5.41, 5.74) is 2.86. The van der Waals surface area contributed by atoms with E-state index in [1.165, 1.54) is 0 Å². The maximum Gasteiger partial charge on any atom is 0.223 e. The fourth-order valence-electron chi connectivity index (χ4n) is 4.42. The Balaban J connectivity index is 1.39. The van der Waals surface area contributed by atoms with Crippen LogP contribution in [0.25, 0.3) is 11.1 Å². The predicted octanol–water partition coefficient (Wildman–Crippen LogP) is 4.19. The lowest BCUT2D eigenvalue weighted by Crippen LogP contribution is -2.38. The maximum absolute atomic E-state index is 6.50. The van der Waals surface area contributed by atoms with Crippen LogP contribution in [0.4, 0.5) is 11.6 Å². The summed E-state index contributed by atoms with van der Waals surface area (Å²) in [6.45, 7) is 3.88. The molecule has 0 fully saturated rings. The molecule has 3 aromatic rings. The number of aromatic nitrogens is 4. The first-order chi connectivity index (χ1) is 16.1. The van der Waals surface area contributed by atoms with Gasteiger partial charge in [-0.1, -0.05) is 31.2 Å². The Hall–Kier alpha value is -3.65. The monoisotopic (exact) mass is 444 g/mol. The molecule has 0 amide bonds. The third-order valence-electron chi connectivity index (χ3n) is 6.15. The molecule has 1 aliphatic carbocycles. The minimum Gasteiger partial charge on any atom is -0.480 e. The smallest absolute Gasteiger partial charge is 0.223 e. The van der Waals surface area contributed by atoms with Crippen molar-refractivity contribution in [2.75, 3.05) is 26.0 Å². The molecule has 5 rings (SSSR count). The van der Waals surface area contributed by atoms with Crippen LogP contribution in [0, 0.1) is 11.8 Å². The van der Waals surface area contributed by atoms with Gasteiger partial charge in [0.05, 0.1) is 13.3 Å². The van der Waals surface area contributed by atoms with E-state index in [9.17, 15) is 0 Å². The average Bonchev–Trinajstić information content (AvgIpc) is 3.29. The molecule has 0 bridgehead atoms. The third-order valence-corrected chi connectivity index (χ3v) is 6.15. The molecule has 0 radical (unpaired) electrons. The number of H-pyrrole nitrogens is 1. The standard InChI is InChI=1S/C25H28N6O2/c1-16-6-4-5-7-19(16)21-15-31(2)14-17-8-10-22(29-24(17)33-21)28-23-11-9-20(25(30-23)32-3)18-12-26-27-13-18/h4-13,16,19,21H,14-15H2,1-3H3,(H,26,27)(H,28,29,30). The van der Waals surface area contributed by atoms with E-state index in [1.807, 2.05) is 24.4 Å². The van der Waals surface area contributed by atoms with Gasteiger partial charge in [-0.25, -0.2) is 0 Å². The lowest BCUT2D eigenvalue weighted by molar-refractivity contribution is 0.105. The van der Waals surface area contributed by atoms with Crippen molar-refractivity contribution in [3.8, 4) is 22.9 Å². The molecule has 1 aliphatic heterocycles. The zero-order valence-corrected chi connectivity index (χ0v) is 19.0. The summed E-state index contributed by atoms with van der Waals surface area (Å²) >= 11 is 0. The van der Waals surface area contributed by atoms with E-state index in [0.29, 0.717) is 35.2 Å². The van der Waals surface area contributed by atoms with Gasteiger partial charge >= 0.3 is 0 Å². The quantitative estimate of drug-likeness (QED) is 0.610. The van der Waals surface area contributed by atoms with E-state index in [-0.39, 0.29) is 6.10 Å². The zero-order valence-electron chi connectivity index (χ0n) is 19.0. The normalized spacial score (nSPS) is 22.3. The van der Waals surface area contributed by atoms with Gasteiger partial charge in [-0.05, 0) is 37.2 Å². The van der Waals surface area contributed by atoms with Crippen molar-refractivity contribution in [3.63, 3.8) is 0 Å². The first-order valence-corrected chi connectivity index (χ1v) is 11.1. The molecule has 8 nitrogen and oxygen atoms in total. The SMILES string of the molecule is COc1nc(Nc2ccc3c(n2)OC(C2C=CC=CC2C)CN(C)C3)ccc1-c1cn[nH]c1. The van der Waals surface area contributed by atoms with Gasteiger partial charge in [0, 0.05) is 41.9 Å². The Morgan fingerprint density at radius 2 is 1.94 bits per heavy atom. The Morgan fingerprint density at radius 1 is 1.12 bits per heavy atom. The second kappa shape index (κ2) is 9.07. The zero-order chi connectivity index (χ0) is 22.8. The van der Waals surface area contributed by atoms with E-state index in [2.05, 4.69) is 69.7 Å². The minimum absolute atomic E-state index is 0.0302. The predicted molar refractivity (Wildman–Crippen MR) is 128 cm³/mol. The van der Waals surface area contributed by atoms with Gasteiger partial charge in [0.15, 0.2) is 0 Å². The molecular weight excluding hydrogens is 416 g/mol. The van der Waals surface area contributed by atoms with Crippen molar-refractivity contribution in [1.29, 1.82) is 0 Å². The summed E-state index contributed by atoms with van der Waals surface area (Å²) in [5.74, 6) is 3.23. The van der Waals surface area contributed by atoms with Crippen LogP contribution in [-0.4, -0.2) is 51.9 Å². The molecule has 33 heavy (non-hydrogen) atoms. The number of methoxy groups -OCH3 is 1. The number of likely N-dealkylation sites (N-methyl/N-ethyl adjacent to an activating group) is 1. The van der Waals surface area contributed by atoms with Crippen LogP contribution >= 0.6 is 0 Å². The fraction of sp³-hybridized carbons (Fsp3) is 0.320. The van der Waals surface area contributed by atoms with Crippen molar-refractivity contribution in [3.05, 3.63) is 66.5 Å². The van der Waals surface area contributed by atoms with Gasteiger partial charge in [0.2, 0.25) is 11.8 Å². The van der Waals surface area contributed by atoms with Gasteiger partial charge in [0.1, 0.15) is 17.7 Å². The molecule has 0 saturated heterocycles. The topological polar surface area (TPSA) is 88.2 Å². The van der Waals surface area contributed by atoms with Crippen LogP contribution < -0.4 is 14.8 Å². The Morgan fingerprint density at radius 3 is 2.73 bits per heavy atom. The number of aromatic amines is 1. The van der Waals surface area contributed by atoms with E-state index >= 15 is 0 Å². The maximum atomic E-state index is 6.50. The highest BCUT2D eigenvalue weighted by atomic mass is 16.5. The molecule has 0 saturated carbocycles. The summed E-state index contributed by atoms with van der Waals surface area (Å²) in [5, 5.41) is 10.1. The Kier molecular flexibility index (Phi) is 5.83. The third kappa shape index (κ3) is 4.47. The number of ether oxygens (including phenoxy) is 2. The summed E-state index contributed by atoms with van der Waals surface area (Å²) < 4.78 is 12.0. The first kappa shape index (κ1) is 21.2. The van der Waals surface area contributed by atoms with Gasteiger partial charge in [-0.2, -0.15) is 15.1 Å². The first-order valence-electron chi connectivity index (χ1n) is 11.1. The molecule has 0 aromatic carbocycles. The molecule has 3 atom stereocenters. The van der Waals surface area contributed by atoms with Crippen LogP contribution in [-0.2, 0) is 6.54 Å². The second-order valence-electron chi connectivity index (χ2n) is 8.59. The van der Waals surface area contributed by atoms with Crippen molar-refractivity contribution < 1.29 is 9.47 Å². The number of hydrogen-bond donors (Lipinski definition) is 2. The van der Waals surface area contributed by atoms with E-state index in [0.717, 1.165) is 29.8 Å². The molecule has 4 heterocycles. The van der Waals surface area contributed by atoms with Gasteiger partial charge in [-0.3, -0.25) is 10.00 Å². The van der Waals surface area contributed by atoms with Crippen molar-refractivity contribution >= 4 is 11.6 Å². The second-order valence-corrected chi connectivity index (χ2v) is 8.59. The van der Waals surface area contributed by atoms with Crippen LogP contribution in [0.3, 0.4) is 0 Å². The van der Waals surface area contributed by atoms with Crippen molar-refractivity contribution in [2.45, 2.75) is 19.6 Å². The van der Waals surface area contributed by atoms with Gasteiger partial charge < -0.3 is 14.8 Å². The minimum atomic E-state index is 0.0302. The van der Waals surface area contributed by atoms with Crippen LogP contribution in [0.15, 0.2) is 61.0 Å². The average molecular weight is 445 g/mol. The van der Waals surface area contributed by atoms with Crippen LogP contribution in [0.1, 0.15) is 12.5 Å². The summed E-state index contributed by atoms with van der Waals surface area (Å²) in [6, 6.07) is 7.88. The lowest BCUT2D eigenvalue weighted by Gasteiger charge is -2.30. The van der Waals surface area contributed by atoms with Crippen LogP contribution in [0.2, 0.25) is 0 Å². The molecular formula is C25H28N6O2. The molecule has 3 unspecified atom stereocenters. The van der Waals surface area contributed by atoms with Crippen molar-refractivity contribution in [2.24, 2.45) is 11.8 Å². The largest absolute Gasteiger partial charge is 0.480 e. The molecule has 2 aliphatic rings. The number of allylic oxidation sites excluding steroid dienone is 3. The molecule has 170 valence electrons. The van der Waals surface area contributed by atoms with Gasteiger partial charge in [-0.15, -0.1) is 0 Å². The van der Waals surface area contributed by atoms with Crippen LogP contribution in [0.5, 0.6) is 11.8 Å². The number of pyridine rings is 2. The molecule has 8 heteroatoms. The highest BCUT2D eigenvalue weighted by molar-refractivity contribution is 5.69. The number of hydrogen-bond acceptors (Lipinski definition) is 7.